The van der Waals surface area contributed by atoms with E-state index >= 15 is 0 Å². The minimum atomic E-state index is -0.441. The number of benzene rings is 1. The van der Waals surface area contributed by atoms with Crippen molar-refractivity contribution >= 4 is 11.6 Å². The van der Waals surface area contributed by atoms with E-state index in [2.05, 4.69) is 24.5 Å². The van der Waals surface area contributed by atoms with Crippen molar-refractivity contribution in [3.63, 3.8) is 0 Å². The molecule has 0 aromatic heterocycles. The molecule has 2 rings (SSSR count). The van der Waals surface area contributed by atoms with Gasteiger partial charge in [0, 0.05) is 6.54 Å². The van der Waals surface area contributed by atoms with Crippen molar-refractivity contribution in [1.29, 1.82) is 0 Å². The van der Waals surface area contributed by atoms with Crippen LogP contribution < -0.4 is 15.4 Å². The highest BCUT2D eigenvalue weighted by molar-refractivity contribution is 5.83. The average molecular weight is 248 g/mol. The summed E-state index contributed by atoms with van der Waals surface area (Å²) in [7, 11) is 0. The van der Waals surface area contributed by atoms with Gasteiger partial charge in [0.1, 0.15) is 5.75 Å². The minimum Gasteiger partial charge on any atom is -0.477 e. The standard InChI is InChI=1S/C14H20N2O2/c1-3-10(2)8-16-14(17)13-9-15-11-6-4-5-7-12(11)18-13/h4-7,10,13,15H,3,8-9H2,1-2H3,(H,16,17). The Kier molecular flexibility index (Phi) is 4.07. The van der Waals surface area contributed by atoms with Gasteiger partial charge in [0.05, 0.1) is 12.2 Å². The monoisotopic (exact) mass is 248 g/mol. The lowest BCUT2D eigenvalue weighted by atomic mass is 10.1. The molecule has 1 amide bonds. The number of fused-ring (bicyclic) bond motifs is 1. The van der Waals surface area contributed by atoms with Gasteiger partial charge in [-0.25, -0.2) is 0 Å². The Labute approximate surface area is 108 Å². The Morgan fingerprint density at radius 2 is 2.33 bits per heavy atom. The second-order valence-corrected chi connectivity index (χ2v) is 4.74. The first-order valence-electron chi connectivity index (χ1n) is 6.48. The van der Waals surface area contributed by atoms with Gasteiger partial charge in [-0.05, 0) is 18.1 Å². The van der Waals surface area contributed by atoms with Gasteiger partial charge in [-0.1, -0.05) is 32.4 Å². The summed E-state index contributed by atoms with van der Waals surface area (Å²) in [6.07, 6.45) is 0.622. The van der Waals surface area contributed by atoms with Gasteiger partial charge in [0.15, 0.2) is 6.10 Å². The number of carbonyl (C=O) groups is 1. The lowest BCUT2D eigenvalue weighted by Gasteiger charge is -2.26. The first-order valence-corrected chi connectivity index (χ1v) is 6.48. The van der Waals surface area contributed by atoms with Crippen LogP contribution in [0.5, 0.6) is 5.75 Å². The normalized spacial score (nSPS) is 19.1. The summed E-state index contributed by atoms with van der Waals surface area (Å²) in [4.78, 5) is 12.0. The van der Waals surface area contributed by atoms with Crippen molar-refractivity contribution in [2.45, 2.75) is 26.4 Å². The summed E-state index contributed by atoms with van der Waals surface area (Å²) in [6.45, 7) is 5.46. The second-order valence-electron chi connectivity index (χ2n) is 4.74. The van der Waals surface area contributed by atoms with Crippen molar-refractivity contribution in [2.24, 2.45) is 5.92 Å². The zero-order chi connectivity index (χ0) is 13.0. The maximum atomic E-state index is 12.0. The molecule has 2 unspecified atom stereocenters. The lowest BCUT2D eigenvalue weighted by molar-refractivity contribution is -0.127. The van der Waals surface area contributed by atoms with Crippen molar-refractivity contribution < 1.29 is 9.53 Å². The van der Waals surface area contributed by atoms with Crippen LogP contribution in [-0.2, 0) is 4.79 Å². The number of para-hydroxylation sites is 2. The fourth-order valence-electron chi connectivity index (χ4n) is 1.79. The summed E-state index contributed by atoms with van der Waals surface area (Å²) in [5.74, 6) is 1.20. The van der Waals surface area contributed by atoms with E-state index in [0.717, 1.165) is 17.9 Å². The van der Waals surface area contributed by atoms with Crippen LogP contribution in [0.2, 0.25) is 0 Å². The van der Waals surface area contributed by atoms with Crippen LogP contribution in [0.3, 0.4) is 0 Å². The molecule has 2 N–H and O–H groups in total. The molecule has 4 heteroatoms. The first-order chi connectivity index (χ1) is 8.70. The van der Waals surface area contributed by atoms with Gasteiger partial charge in [-0.15, -0.1) is 0 Å². The summed E-state index contributed by atoms with van der Waals surface area (Å²) in [6, 6.07) is 7.66. The number of carbonyl (C=O) groups excluding carboxylic acids is 1. The SMILES string of the molecule is CCC(C)CNC(=O)C1CNc2ccccc2O1. The highest BCUT2D eigenvalue weighted by Crippen LogP contribution is 2.28. The molecule has 0 aliphatic carbocycles. The molecule has 0 fully saturated rings. The van der Waals surface area contributed by atoms with Crippen LogP contribution in [0.1, 0.15) is 20.3 Å². The Bertz CT molecular complexity index is 420. The third kappa shape index (κ3) is 2.94. The summed E-state index contributed by atoms with van der Waals surface area (Å²) >= 11 is 0. The molecular formula is C14H20N2O2. The summed E-state index contributed by atoms with van der Waals surface area (Å²) in [5, 5.41) is 6.14. The Balaban J connectivity index is 1.90. The molecule has 0 spiro atoms. The molecule has 1 aromatic carbocycles. The Morgan fingerprint density at radius 3 is 3.11 bits per heavy atom. The van der Waals surface area contributed by atoms with E-state index in [9.17, 15) is 4.79 Å². The molecule has 0 radical (unpaired) electrons. The smallest absolute Gasteiger partial charge is 0.262 e. The molecule has 98 valence electrons. The van der Waals surface area contributed by atoms with Crippen molar-refractivity contribution in [3.05, 3.63) is 24.3 Å². The zero-order valence-corrected chi connectivity index (χ0v) is 10.9. The van der Waals surface area contributed by atoms with E-state index in [-0.39, 0.29) is 5.91 Å². The molecule has 0 saturated heterocycles. The van der Waals surface area contributed by atoms with Gasteiger partial charge in [-0.3, -0.25) is 4.79 Å². The average Bonchev–Trinajstić information content (AvgIpc) is 2.43. The second kappa shape index (κ2) is 5.76. The van der Waals surface area contributed by atoms with Crippen LogP contribution in [-0.4, -0.2) is 25.1 Å². The van der Waals surface area contributed by atoms with Crippen LogP contribution in [0.4, 0.5) is 5.69 Å². The van der Waals surface area contributed by atoms with Crippen LogP contribution >= 0.6 is 0 Å². The van der Waals surface area contributed by atoms with E-state index < -0.39 is 6.10 Å². The molecule has 18 heavy (non-hydrogen) atoms. The number of amides is 1. The number of nitrogens with one attached hydrogen (secondary N) is 2. The lowest BCUT2D eigenvalue weighted by Crippen LogP contribution is -2.45. The van der Waals surface area contributed by atoms with Gasteiger partial charge in [0.2, 0.25) is 0 Å². The van der Waals surface area contributed by atoms with E-state index in [0.29, 0.717) is 19.0 Å². The Morgan fingerprint density at radius 1 is 1.56 bits per heavy atom. The predicted molar refractivity (Wildman–Crippen MR) is 71.8 cm³/mol. The summed E-state index contributed by atoms with van der Waals surface area (Å²) < 4.78 is 5.69. The molecule has 1 aliphatic heterocycles. The van der Waals surface area contributed by atoms with E-state index in [4.69, 9.17) is 4.74 Å². The molecule has 2 atom stereocenters. The Hall–Kier alpha value is -1.71. The first kappa shape index (κ1) is 12.7. The number of rotatable bonds is 4. The van der Waals surface area contributed by atoms with E-state index in [1.165, 1.54) is 0 Å². The third-order valence-corrected chi connectivity index (χ3v) is 3.25. The van der Waals surface area contributed by atoms with Crippen LogP contribution in [0.15, 0.2) is 24.3 Å². The maximum absolute atomic E-state index is 12.0. The number of hydrogen-bond donors (Lipinski definition) is 2. The zero-order valence-electron chi connectivity index (χ0n) is 10.9. The number of anilines is 1. The van der Waals surface area contributed by atoms with Crippen molar-refractivity contribution in [3.8, 4) is 5.75 Å². The van der Waals surface area contributed by atoms with Crippen LogP contribution in [0, 0.1) is 5.92 Å². The fourth-order valence-corrected chi connectivity index (χ4v) is 1.79. The third-order valence-electron chi connectivity index (χ3n) is 3.25. The van der Waals surface area contributed by atoms with Crippen molar-refractivity contribution in [1.82, 2.24) is 5.32 Å². The topological polar surface area (TPSA) is 50.4 Å². The van der Waals surface area contributed by atoms with E-state index in [1.807, 2.05) is 24.3 Å². The van der Waals surface area contributed by atoms with Crippen molar-refractivity contribution in [2.75, 3.05) is 18.4 Å². The van der Waals surface area contributed by atoms with Gasteiger partial charge >= 0.3 is 0 Å². The molecule has 1 heterocycles. The minimum absolute atomic E-state index is 0.0442. The molecule has 0 bridgehead atoms. The highest BCUT2D eigenvalue weighted by Gasteiger charge is 2.25. The van der Waals surface area contributed by atoms with Gasteiger partial charge < -0.3 is 15.4 Å². The molecule has 1 aliphatic rings. The molecule has 1 aromatic rings. The van der Waals surface area contributed by atoms with E-state index in [1.54, 1.807) is 0 Å². The maximum Gasteiger partial charge on any atom is 0.262 e. The fraction of sp³-hybridized carbons (Fsp3) is 0.500. The molecule has 4 nitrogen and oxygen atoms in total. The quantitative estimate of drug-likeness (QED) is 0.857. The van der Waals surface area contributed by atoms with Gasteiger partial charge in [0.25, 0.3) is 5.91 Å². The molecular weight excluding hydrogens is 228 g/mol. The van der Waals surface area contributed by atoms with Crippen LogP contribution in [0.25, 0.3) is 0 Å². The number of ether oxygens (including phenoxy) is 1. The largest absolute Gasteiger partial charge is 0.477 e. The highest BCUT2D eigenvalue weighted by atomic mass is 16.5. The summed E-state index contributed by atoms with van der Waals surface area (Å²) in [5.41, 5.74) is 0.948. The van der Waals surface area contributed by atoms with Gasteiger partial charge in [-0.2, -0.15) is 0 Å². The molecule has 0 saturated carbocycles. The number of hydrogen-bond acceptors (Lipinski definition) is 3. The predicted octanol–water partition coefficient (Wildman–Crippen LogP) is 2.02.